The number of carbonyl (C=O) groups excluding carboxylic acids is 1. The van der Waals surface area contributed by atoms with Gasteiger partial charge in [0.25, 0.3) is 5.82 Å². The zero-order chi connectivity index (χ0) is 13.1. The van der Waals surface area contributed by atoms with Gasteiger partial charge >= 0.3 is 5.97 Å². The number of tetrazole rings is 1. The van der Waals surface area contributed by atoms with E-state index in [9.17, 15) is 9.90 Å². The van der Waals surface area contributed by atoms with E-state index in [0.29, 0.717) is 0 Å². The van der Waals surface area contributed by atoms with Crippen molar-refractivity contribution in [3.8, 4) is 0 Å². The van der Waals surface area contributed by atoms with Gasteiger partial charge in [-0.1, -0.05) is 13.8 Å². The first-order chi connectivity index (χ1) is 7.88. The second-order valence-electron chi connectivity index (χ2n) is 4.39. The van der Waals surface area contributed by atoms with E-state index in [1.165, 1.54) is 4.68 Å². The minimum absolute atomic E-state index is 0.00720. The monoisotopic (exact) mass is 242 g/mol. The zero-order valence-corrected chi connectivity index (χ0v) is 10.5. The minimum atomic E-state index is -0.989. The topological polar surface area (TPSA) is 90.1 Å². The Morgan fingerprint density at radius 1 is 1.59 bits per heavy atom. The molecule has 1 rings (SSSR count). The summed E-state index contributed by atoms with van der Waals surface area (Å²) < 4.78 is 6.08. The van der Waals surface area contributed by atoms with Crippen LogP contribution in [0.3, 0.4) is 0 Å². The summed E-state index contributed by atoms with van der Waals surface area (Å²) in [4.78, 5) is 11.5. The Kier molecular flexibility index (Phi) is 4.17. The van der Waals surface area contributed by atoms with Crippen LogP contribution >= 0.6 is 0 Å². The molecule has 0 fully saturated rings. The average Bonchev–Trinajstić information content (AvgIpc) is 2.65. The number of aliphatic hydroxyl groups is 1. The average molecular weight is 242 g/mol. The molecule has 0 amide bonds. The summed E-state index contributed by atoms with van der Waals surface area (Å²) in [6.07, 6.45) is 0. The van der Waals surface area contributed by atoms with Gasteiger partial charge in [-0.3, -0.25) is 0 Å². The zero-order valence-electron chi connectivity index (χ0n) is 10.5. The van der Waals surface area contributed by atoms with Gasteiger partial charge in [0.1, 0.15) is 0 Å². The van der Waals surface area contributed by atoms with Gasteiger partial charge < -0.3 is 9.84 Å². The molecule has 0 aromatic carbocycles. The molecule has 1 aromatic rings. The Morgan fingerprint density at radius 2 is 2.24 bits per heavy atom. The molecule has 0 aliphatic rings. The first-order valence-corrected chi connectivity index (χ1v) is 5.54. The van der Waals surface area contributed by atoms with Crippen molar-refractivity contribution in [1.82, 2.24) is 20.2 Å². The van der Waals surface area contributed by atoms with Gasteiger partial charge in [-0.15, -0.1) is 5.10 Å². The number of esters is 1. The summed E-state index contributed by atoms with van der Waals surface area (Å²) in [7, 11) is 0. The number of hydrogen-bond donors (Lipinski definition) is 1. The fourth-order valence-electron chi connectivity index (χ4n) is 1.14. The maximum absolute atomic E-state index is 11.5. The highest BCUT2D eigenvalue weighted by Gasteiger charge is 2.29. The van der Waals surface area contributed by atoms with Crippen LogP contribution in [-0.2, 0) is 11.3 Å². The van der Waals surface area contributed by atoms with Crippen LogP contribution < -0.4 is 0 Å². The Morgan fingerprint density at radius 3 is 2.76 bits per heavy atom. The van der Waals surface area contributed by atoms with Crippen LogP contribution in [0.2, 0.25) is 0 Å². The van der Waals surface area contributed by atoms with Gasteiger partial charge in [0, 0.05) is 0 Å². The van der Waals surface area contributed by atoms with E-state index in [1.807, 2.05) is 13.8 Å². The molecule has 96 valence electrons. The standard InChI is InChI=1S/C10H18N4O3/c1-5-17-9(15)8-11-12-13-14(8)6-10(4,16)7(2)3/h7,16H,5-6H2,1-4H3. The van der Waals surface area contributed by atoms with Gasteiger partial charge in [0.2, 0.25) is 0 Å². The number of carbonyl (C=O) groups is 1. The quantitative estimate of drug-likeness (QED) is 0.745. The summed E-state index contributed by atoms with van der Waals surface area (Å²) in [6, 6.07) is 0. The lowest BCUT2D eigenvalue weighted by molar-refractivity contribution is -0.00737. The highest BCUT2D eigenvalue weighted by atomic mass is 16.5. The summed E-state index contributed by atoms with van der Waals surface area (Å²) in [6.45, 7) is 7.55. The lowest BCUT2D eigenvalue weighted by atomic mass is 9.93. The number of nitrogens with zero attached hydrogens (tertiary/aromatic N) is 4. The third-order valence-corrected chi connectivity index (χ3v) is 2.70. The van der Waals surface area contributed by atoms with Crippen molar-refractivity contribution < 1.29 is 14.6 Å². The van der Waals surface area contributed by atoms with Crippen molar-refractivity contribution in [2.75, 3.05) is 6.61 Å². The molecule has 7 heteroatoms. The molecule has 0 saturated carbocycles. The van der Waals surface area contributed by atoms with Gasteiger partial charge in [0.05, 0.1) is 18.8 Å². The number of ether oxygens (including phenoxy) is 1. The van der Waals surface area contributed by atoms with E-state index in [2.05, 4.69) is 15.5 Å². The molecule has 0 bridgehead atoms. The van der Waals surface area contributed by atoms with Crippen LogP contribution in [-0.4, -0.2) is 43.5 Å². The van der Waals surface area contributed by atoms with Crippen molar-refractivity contribution in [1.29, 1.82) is 0 Å². The highest BCUT2D eigenvalue weighted by molar-refractivity contribution is 5.85. The lowest BCUT2D eigenvalue weighted by Crippen LogP contribution is -2.37. The second kappa shape index (κ2) is 5.22. The first kappa shape index (κ1) is 13.6. The molecule has 0 aliphatic carbocycles. The molecule has 0 aliphatic heterocycles. The normalized spacial score (nSPS) is 14.7. The molecule has 1 N–H and O–H groups in total. The van der Waals surface area contributed by atoms with Crippen molar-refractivity contribution >= 4 is 5.97 Å². The van der Waals surface area contributed by atoms with Gasteiger partial charge in [-0.05, 0) is 30.2 Å². The van der Waals surface area contributed by atoms with Crippen LogP contribution in [0.5, 0.6) is 0 Å². The molecule has 1 atom stereocenters. The molecule has 0 saturated heterocycles. The molecule has 1 aromatic heterocycles. The van der Waals surface area contributed by atoms with Crippen molar-refractivity contribution in [3.05, 3.63) is 5.82 Å². The SMILES string of the molecule is CCOC(=O)c1nnnn1CC(C)(O)C(C)C. The van der Waals surface area contributed by atoms with E-state index >= 15 is 0 Å². The minimum Gasteiger partial charge on any atom is -0.460 e. The van der Waals surface area contributed by atoms with E-state index < -0.39 is 11.6 Å². The molecule has 17 heavy (non-hydrogen) atoms. The lowest BCUT2D eigenvalue weighted by Gasteiger charge is -2.27. The summed E-state index contributed by atoms with van der Waals surface area (Å²) in [5.41, 5.74) is -0.989. The predicted molar refractivity (Wildman–Crippen MR) is 59.2 cm³/mol. The second-order valence-corrected chi connectivity index (χ2v) is 4.39. The Hall–Kier alpha value is -1.50. The third-order valence-electron chi connectivity index (χ3n) is 2.70. The molecular formula is C10H18N4O3. The molecule has 7 nitrogen and oxygen atoms in total. The molecule has 0 radical (unpaired) electrons. The summed E-state index contributed by atoms with van der Waals surface area (Å²) in [5, 5.41) is 20.8. The Bertz CT molecular complexity index is 387. The fourth-order valence-corrected chi connectivity index (χ4v) is 1.14. The molecule has 1 unspecified atom stereocenters. The van der Waals surface area contributed by atoms with E-state index in [4.69, 9.17) is 4.74 Å². The van der Waals surface area contributed by atoms with Gasteiger partial charge in [-0.2, -0.15) is 0 Å². The van der Waals surface area contributed by atoms with Crippen molar-refractivity contribution in [2.24, 2.45) is 5.92 Å². The first-order valence-electron chi connectivity index (χ1n) is 5.54. The fraction of sp³-hybridized carbons (Fsp3) is 0.800. The van der Waals surface area contributed by atoms with Gasteiger partial charge in [-0.25, -0.2) is 9.48 Å². The largest absolute Gasteiger partial charge is 0.460 e. The Balaban J connectivity index is 2.86. The molecule has 1 heterocycles. The summed E-state index contributed by atoms with van der Waals surface area (Å²) >= 11 is 0. The van der Waals surface area contributed by atoms with Crippen molar-refractivity contribution in [3.63, 3.8) is 0 Å². The molecule has 0 spiro atoms. The van der Waals surface area contributed by atoms with Crippen LogP contribution in [0.1, 0.15) is 38.3 Å². The summed E-state index contributed by atoms with van der Waals surface area (Å²) in [5.74, 6) is -0.563. The number of rotatable bonds is 5. The third kappa shape index (κ3) is 3.23. The van der Waals surface area contributed by atoms with Crippen LogP contribution in [0.15, 0.2) is 0 Å². The maximum atomic E-state index is 11.5. The van der Waals surface area contributed by atoms with Crippen LogP contribution in [0, 0.1) is 5.92 Å². The van der Waals surface area contributed by atoms with E-state index in [1.54, 1.807) is 13.8 Å². The molecular weight excluding hydrogens is 224 g/mol. The number of aromatic nitrogens is 4. The number of hydrogen-bond acceptors (Lipinski definition) is 6. The Labute approximate surface area is 99.8 Å². The van der Waals surface area contributed by atoms with Crippen LogP contribution in [0.25, 0.3) is 0 Å². The smallest absolute Gasteiger partial charge is 0.378 e. The highest BCUT2D eigenvalue weighted by Crippen LogP contribution is 2.18. The van der Waals surface area contributed by atoms with Gasteiger partial charge in [0.15, 0.2) is 0 Å². The predicted octanol–water partition coefficient (Wildman–Crippen LogP) is 0.257. The van der Waals surface area contributed by atoms with Crippen LogP contribution in [0.4, 0.5) is 0 Å². The van der Waals surface area contributed by atoms with Crippen molar-refractivity contribution in [2.45, 2.75) is 39.8 Å². The van der Waals surface area contributed by atoms with E-state index in [-0.39, 0.29) is 24.9 Å². The van der Waals surface area contributed by atoms with E-state index in [0.717, 1.165) is 0 Å². The maximum Gasteiger partial charge on any atom is 0.378 e.